The van der Waals surface area contributed by atoms with E-state index in [9.17, 15) is 8.78 Å². The van der Waals surface area contributed by atoms with Gasteiger partial charge in [0.2, 0.25) is 0 Å². The summed E-state index contributed by atoms with van der Waals surface area (Å²) in [6.07, 6.45) is -1.24. The van der Waals surface area contributed by atoms with E-state index in [2.05, 4.69) is 15.3 Å². The molecule has 6 heteroatoms. The maximum absolute atomic E-state index is 11.8. The van der Waals surface area contributed by atoms with Crippen LogP contribution in [0.15, 0.2) is 18.5 Å². The molecule has 0 amide bonds. The van der Waals surface area contributed by atoms with E-state index in [1.54, 1.807) is 18.5 Å². The van der Waals surface area contributed by atoms with Crippen molar-refractivity contribution in [2.24, 2.45) is 0 Å². The molecule has 0 aromatic carbocycles. The van der Waals surface area contributed by atoms with Gasteiger partial charge in [-0.2, -0.15) is 0 Å². The quantitative estimate of drug-likeness (QED) is 0.717. The van der Waals surface area contributed by atoms with Crippen LogP contribution in [0.2, 0.25) is 0 Å². The van der Waals surface area contributed by atoms with Crippen molar-refractivity contribution in [1.29, 1.82) is 0 Å². The molecule has 0 radical (unpaired) electrons. The predicted octanol–water partition coefficient (Wildman–Crippen LogP) is 0.192. The van der Waals surface area contributed by atoms with E-state index in [1.165, 1.54) is 0 Å². The summed E-state index contributed by atoms with van der Waals surface area (Å²) in [5.74, 6) is 0.508. The number of aliphatic hydroxyl groups excluding tert-OH is 1. The number of nitrogens with zero attached hydrogens (tertiary/aromatic N) is 2. The number of hydrogen-bond donors (Lipinski definition) is 2. The summed E-state index contributed by atoms with van der Waals surface area (Å²) < 4.78 is 23.7. The number of halogens is 2. The number of rotatable bonds is 5. The molecule has 78 valence electrons. The summed E-state index contributed by atoms with van der Waals surface area (Å²) in [6, 6.07) is 1.66. The fourth-order valence-corrected chi connectivity index (χ4v) is 0.842. The third-order valence-electron chi connectivity index (χ3n) is 1.55. The standard InChI is InChI=1S/C8H11F2N3O/c9-8(10)6(14)4-11-5-7-12-2-1-3-13-7/h1-3,6,8,11,14H,4-5H2. The molecule has 0 spiro atoms. The first-order chi connectivity index (χ1) is 6.70. The second-order valence-electron chi connectivity index (χ2n) is 2.70. The van der Waals surface area contributed by atoms with Crippen molar-refractivity contribution in [3.05, 3.63) is 24.3 Å². The lowest BCUT2D eigenvalue weighted by Crippen LogP contribution is -2.32. The second-order valence-corrected chi connectivity index (χ2v) is 2.70. The Hall–Kier alpha value is -1.14. The molecule has 1 rings (SSSR count). The topological polar surface area (TPSA) is 58.0 Å². The maximum atomic E-state index is 11.8. The van der Waals surface area contributed by atoms with Crippen LogP contribution >= 0.6 is 0 Å². The Morgan fingerprint density at radius 3 is 2.57 bits per heavy atom. The molecule has 1 unspecified atom stereocenters. The third kappa shape index (κ3) is 3.71. The van der Waals surface area contributed by atoms with Crippen LogP contribution < -0.4 is 5.32 Å². The average Bonchev–Trinajstić information content (AvgIpc) is 2.19. The van der Waals surface area contributed by atoms with Gasteiger partial charge in [-0.3, -0.25) is 0 Å². The highest BCUT2D eigenvalue weighted by atomic mass is 19.3. The van der Waals surface area contributed by atoms with Gasteiger partial charge in [0, 0.05) is 18.9 Å². The van der Waals surface area contributed by atoms with Crippen molar-refractivity contribution in [1.82, 2.24) is 15.3 Å². The Morgan fingerprint density at radius 1 is 1.36 bits per heavy atom. The van der Waals surface area contributed by atoms with Crippen LogP contribution in [-0.4, -0.2) is 34.1 Å². The minimum Gasteiger partial charge on any atom is -0.386 e. The SMILES string of the molecule is OC(CNCc1ncccn1)C(F)F. The number of nitrogens with one attached hydrogen (secondary N) is 1. The Labute approximate surface area is 80.0 Å². The highest BCUT2D eigenvalue weighted by Gasteiger charge is 2.15. The average molecular weight is 203 g/mol. The zero-order valence-electron chi connectivity index (χ0n) is 7.40. The molecule has 0 aliphatic heterocycles. The molecule has 0 aliphatic carbocycles. The summed E-state index contributed by atoms with van der Waals surface area (Å²) in [5.41, 5.74) is 0. The summed E-state index contributed by atoms with van der Waals surface area (Å²) in [6.45, 7) is 0.0978. The molecule has 1 aromatic heterocycles. The molecular weight excluding hydrogens is 192 g/mol. The highest BCUT2D eigenvalue weighted by molar-refractivity contribution is 4.87. The van der Waals surface area contributed by atoms with Crippen LogP contribution in [0, 0.1) is 0 Å². The van der Waals surface area contributed by atoms with E-state index in [0.717, 1.165) is 0 Å². The van der Waals surface area contributed by atoms with Gasteiger partial charge in [-0.1, -0.05) is 0 Å². The van der Waals surface area contributed by atoms with Crippen molar-refractivity contribution < 1.29 is 13.9 Å². The molecule has 1 heterocycles. The highest BCUT2D eigenvalue weighted by Crippen LogP contribution is 1.98. The molecule has 0 aliphatic rings. The van der Waals surface area contributed by atoms with E-state index in [-0.39, 0.29) is 13.1 Å². The molecule has 0 saturated heterocycles. The van der Waals surface area contributed by atoms with Gasteiger partial charge in [0.25, 0.3) is 6.43 Å². The van der Waals surface area contributed by atoms with Gasteiger partial charge in [0.1, 0.15) is 11.9 Å². The zero-order valence-corrected chi connectivity index (χ0v) is 7.40. The second kappa shape index (κ2) is 5.56. The monoisotopic (exact) mass is 203 g/mol. The molecule has 4 nitrogen and oxygen atoms in total. The van der Waals surface area contributed by atoms with Gasteiger partial charge in [0.05, 0.1) is 6.54 Å². The minimum atomic E-state index is -2.72. The van der Waals surface area contributed by atoms with E-state index in [4.69, 9.17) is 5.11 Å². The molecule has 1 atom stereocenters. The van der Waals surface area contributed by atoms with Gasteiger partial charge >= 0.3 is 0 Å². The minimum absolute atomic E-state index is 0.171. The van der Waals surface area contributed by atoms with Crippen LogP contribution in [0.5, 0.6) is 0 Å². The van der Waals surface area contributed by atoms with Crippen molar-refractivity contribution in [3.63, 3.8) is 0 Å². The van der Waals surface area contributed by atoms with Crippen molar-refractivity contribution >= 4 is 0 Å². The predicted molar refractivity (Wildman–Crippen MR) is 45.7 cm³/mol. The number of alkyl halides is 2. The van der Waals surface area contributed by atoms with E-state index < -0.39 is 12.5 Å². The fraction of sp³-hybridized carbons (Fsp3) is 0.500. The van der Waals surface area contributed by atoms with Crippen LogP contribution in [0.3, 0.4) is 0 Å². The summed E-state index contributed by atoms with van der Waals surface area (Å²) >= 11 is 0. The Bertz CT molecular complexity index is 258. The molecule has 0 bridgehead atoms. The lowest BCUT2D eigenvalue weighted by Gasteiger charge is -2.09. The Kier molecular flexibility index (Phi) is 4.34. The van der Waals surface area contributed by atoms with Crippen molar-refractivity contribution in [3.8, 4) is 0 Å². The van der Waals surface area contributed by atoms with E-state index in [0.29, 0.717) is 5.82 Å². The third-order valence-corrected chi connectivity index (χ3v) is 1.55. The molecule has 2 N–H and O–H groups in total. The first-order valence-corrected chi connectivity index (χ1v) is 4.13. The van der Waals surface area contributed by atoms with Crippen molar-refractivity contribution in [2.75, 3.05) is 6.54 Å². The van der Waals surface area contributed by atoms with Crippen LogP contribution in [0.4, 0.5) is 8.78 Å². The van der Waals surface area contributed by atoms with Gasteiger partial charge in [-0.25, -0.2) is 18.7 Å². The summed E-state index contributed by atoms with van der Waals surface area (Å²) in [5, 5.41) is 11.4. The van der Waals surface area contributed by atoms with Crippen LogP contribution in [-0.2, 0) is 6.54 Å². The van der Waals surface area contributed by atoms with E-state index in [1.807, 2.05) is 0 Å². The van der Waals surface area contributed by atoms with Gasteiger partial charge in [0.15, 0.2) is 0 Å². The lowest BCUT2D eigenvalue weighted by atomic mass is 10.3. The Morgan fingerprint density at radius 2 is 2.00 bits per heavy atom. The van der Waals surface area contributed by atoms with Gasteiger partial charge in [-0.05, 0) is 6.07 Å². The summed E-state index contributed by atoms with van der Waals surface area (Å²) in [7, 11) is 0. The molecule has 1 aromatic rings. The zero-order chi connectivity index (χ0) is 10.4. The maximum Gasteiger partial charge on any atom is 0.265 e. The van der Waals surface area contributed by atoms with Gasteiger partial charge in [-0.15, -0.1) is 0 Å². The number of aromatic nitrogens is 2. The first kappa shape index (κ1) is 10.9. The smallest absolute Gasteiger partial charge is 0.265 e. The normalized spacial score (nSPS) is 13.1. The first-order valence-electron chi connectivity index (χ1n) is 4.13. The van der Waals surface area contributed by atoms with Crippen LogP contribution in [0.25, 0.3) is 0 Å². The molecule has 0 fully saturated rings. The fourth-order valence-electron chi connectivity index (χ4n) is 0.842. The largest absolute Gasteiger partial charge is 0.386 e. The molecule has 0 saturated carbocycles. The van der Waals surface area contributed by atoms with Gasteiger partial charge < -0.3 is 10.4 Å². The van der Waals surface area contributed by atoms with Crippen molar-refractivity contribution in [2.45, 2.75) is 19.1 Å². The lowest BCUT2D eigenvalue weighted by molar-refractivity contribution is -0.00348. The number of hydrogen-bond acceptors (Lipinski definition) is 4. The van der Waals surface area contributed by atoms with Crippen LogP contribution in [0.1, 0.15) is 5.82 Å². The number of aliphatic hydroxyl groups is 1. The van der Waals surface area contributed by atoms with E-state index >= 15 is 0 Å². The molecular formula is C8H11F2N3O. The molecule has 14 heavy (non-hydrogen) atoms. The Balaban J connectivity index is 2.22. The summed E-state index contributed by atoms with van der Waals surface area (Å²) in [4.78, 5) is 7.76.